The topological polar surface area (TPSA) is 61.8 Å². The minimum Gasteiger partial charge on any atom is -0.462 e. The first kappa shape index (κ1) is 22.9. The van der Waals surface area contributed by atoms with Crippen molar-refractivity contribution in [2.24, 2.45) is 11.3 Å². The van der Waals surface area contributed by atoms with Crippen molar-refractivity contribution in [3.63, 3.8) is 0 Å². The number of esters is 2. The lowest BCUT2D eigenvalue weighted by Crippen LogP contribution is -2.37. The van der Waals surface area contributed by atoms with Crippen molar-refractivity contribution in [3.8, 4) is 0 Å². The van der Waals surface area contributed by atoms with E-state index in [4.69, 9.17) is 14.2 Å². The molecule has 1 aliphatic rings. The summed E-state index contributed by atoms with van der Waals surface area (Å²) in [5.41, 5.74) is 0.297. The molecule has 0 aliphatic heterocycles. The molecular formula is C21H38O5. The summed E-state index contributed by atoms with van der Waals surface area (Å²) in [6.45, 7) is 11.1. The summed E-state index contributed by atoms with van der Waals surface area (Å²) in [6.07, 6.45) is 6.32. The van der Waals surface area contributed by atoms with Gasteiger partial charge in [-0.2, -0.15) is 0 Å². The molecule has 0 radical (unpaired) electrons. The summed E-state index contributed by atoms with van der Waals surface area (Å²) in [5.74, 6) is 0.0967. The van der Waals surface area contributed by atoms with Crippen molar-refractivity contribution in [1.29, 1.82) is 0 Å². The number of rotatable bonds is 11. The summed E-state index contributed by atoms with van der Waals surface area (Å²) in [5, 5.41) is 0. The van der Waals surface area contributed by atoms with Crippen LogP contribution < -0.4 is 0 Å². The van der Waals surface area contributed by atoms with Crippen molar-refractivity contribution in [1.82, 2.24) is 0 Å². The molecule has 0 amide bonds. The molecule has 1 aliphatic carbocycles. The summed E-state index contributed by atoms with van der Waals surface area (Å²) in [6, 6.07) is 0. The highest BCUT2D eigenvalue weighted by molar-refractivity contribution is 5.70. The molecule has 26 heavy (non-hydrogen) atoms. The smallest absolute Gasteiger partial charge is 0.306 e. The van der Waals surface area contributed by atoms with Crippen LogP contribution in [0.5, 0.6) is 0 Å². The molecule has 0 aromatic heterocycles. The number of hydrogen-bond acceptors (Lipinski definition) is 5. The van der Waals surface area contributed by atoms with E-state index in [-0.39, 0.29) is 31.3 Å². The molecule has 0 saturated heterocycles. The average Bonchev–Trinajstić information content (AvgIpc) is 2.58. The largest absolute Gasteiger partial charge is 0.462 e. The van der Waals surface area contributed by atoms with Gasteiger partial charge in [0.1, 0.15) is 6.61 Å². The lowest BCUT2D eigenvalue weighted by Gasteiger charge is -2.41. The molecule has 3 unspecified atom stereocenters. The highest BCUT2D eigenvalue weighted by Gasteiger charge is 2.35. The number of carbonyl (C=O) groups excluding carboxylic acids is 2. The quantitative estimate of drug-likeness (QED) is 0.495. The van der Waals surface area contributed by atoms with Crippen LogP contribution in [-0.2, 0) is 23.8 Å². The van der Waals surface area contributed by atoms with Crippen LogP contribution in [0.25, 0.3) is 0 Å². The zero-order valence-electron chi connectivity index (χ0n) is 17.3. The van der Waals surface area contributed by atoms with Crippen molar-refractivity contribution in [2.75, 3.05) is 13.2 Å². The van der Waals surface area contributed by atoms with Gasteiger partial charge in [-0.1, -0.05) is 41.0 Å². The van der Waals surface area contributed by atoms with Crippen molar-refractivity contribution in [3.05, 3.63) is 0 Å². The summed E-state index contributed by atoms with van der Waals surface area (Å²) >= 11 is 0. The minimum atomic E-state index is -0.526. The van der Waals surface area contributed by atoms with E-state index < -0.39 is 6.10 Å². The predicted octanol–water partition coefficient (Wildman–Crippen LogP) is 4.66. The third kappa shape index (κ3) is 8.07. The maximum Gasteiger partial charge on any atom is 0.306 e. The third-order valence-electron chi connectivity index (χ3n) is 5.52. The monoisotopic (exact) mass is 370 g/mol. The zero-order valence-corrected chi connectivity index (χ0v) is 17.3. The van der Waals surface area contributed by atoms with Gasteiger partial charge in [-0.3, -0.25) is 9.59 Å². The molecule has 0 heterocycles. The van der Waals surface area contributed by atoms with Gasteiger partial charge in [-0.25, -0.2) is 0 Å². The Kier molecular flexibility index (Phi) is 10.2. The van der Waals surface area contributed by atoms with Crippen LogP contribution >= 0.6 is 0 Å². The summed E-state index contributed by atoms with van der Waals surface area (Å²) in [4.78, 5) is 23.5. The SMILES string of the molecule is CCCC(=O)OCC(COC1CCCC(C)(C(C)C)C1)OC(=O)CCC. The van der Waals surface area contributed by atoms with Crippen LogP contribution in [-0.4, -0.2) is 37.4 Å². The second kappa shape index (κ2) is 11.6. The maximum absolute atomic E-state index is 11.8. The molecule has 5 heteroatoms. The number of carbonyl (C=O) groups is 2. The molecule has 5 nitrogen and oxygen atoms in total. The van der Waals surface area contributed by atoms with E-state index in [1.165, 1.54) is 6.42 Å². The van der Waals surface area contributed by atoms with Gasteiger partial charge < -0.3 is 14.2 Å². The Balaban J connectivity index is 2.55. The fourth-order valence-electron chi connectivity index (χ4n) is 3.40. The first-order chi connectivity index (χ1) is 12.3. The molecular weight excluding hydrogens is 332 g/mol. The summed E-state index contributed by atoms with van der Waals surface area (Å²) < 4.78 is 16.8. The van der Waals surface area contributed by atoms with Crippen LogP contribution in [0, 0.1) is 11.3 Å². The molecule has 0 spiro atoms. The van der Waals surface area contributed by atoms with Crippen LogP contribution in [0.1, 0.15) is 86.0 Å². The van der Waals surface area contributed by atoms with Gasteiger partial charge in [-0.15, -0.1) is 0 Å². The van der Waals surface area contributed by atoms with Crippen LogP contribution in [0.15, 0.2) is 0 Å². The van der Waals surface area contributed by atoms with Crippen molar-refractivity contribution < 1.29 is 23.8 Å². The van der Waals surface area contributed by atoms with Gasteiger partial charge in [0.2, 0.25) is 0 Å². The zero-order chi connectivity index (χ0) is 19.6. The van der Waals surface area contributed by atoms with E-state index in [1.54, 1.807) is 0 Å². The molecule has 3 atom stereocenters. The van der Waals surface area contributed by atoms with E-state index in [9.17, 15) is 9.59 Å². The van der Waals surface area contributed by atoms with E-state index >= 15 is 0 Å². The molecule has 0 N–H and O–H groups in total. The second-order valence-electron chi connectivity index (χ2n) is 8.16. The number of ether oxygens (including phenoxy) is 3. The third-order valence-corrected chi connectivity index (χ3v) is 5.52. The molecule has 152 valence electrons. The van der Waals surface area contributed by atoms with Crippen molar-refractivity contribution >= 4 is 11.9 Å². The van der Waals surface area contributed by atoms with Gasteiger partial charge in [0.05, 0.1) is 12.7 Å². The molecule has 1 rings (SSSR count). The molecule has 0 aromatic carbocycles. The highest BCUT2D eigenvalue weighted by atomic mass is 16.6. The maximum atomic E-state index is 11.8. The minimum absolute atomic E-state index is 0.0719. The van der Waals surface area contributed by atoms with E-state index in [0.29, 0.717) is 24.2 Å². The Hall–Kier alpha value is -1.10. The van der Waals surface area contributed by atoms with E-state index in [1.807, 2.05) is 13.8 Å². The Bertz CT molecular complexity index is 434. The first-order valence-electron chi connectivity index (χ1n) is 10.3. The van der Waals surface area contributed by atoms with E-state index in [2.05, 4.69) is 20.8 Å². The molecule has 0 bridgehead atoms. The fourth-order valence-corrected chi connectivity index (χ4v) is 3.40. The van der Waals surface area contributed by atoms with Crippen LogP contribution in [0.2, 0.25) is 0 Å². The van der Waals surface area contributed by atoms with Crippen LogP contribution in [0.3, 0.4) is 0 Å². The standard InChI is InChI=1S/C21H38O5/c1-6-9-19(22)25-15-18(26-20(23)10-7-2)14-24-17-11-8-12-21(5,13-17)16(3)4/h16-18H,6-15H2,1-5H3. The van der Waals surface area contributed by atoms with Crippen LogP contribution in [0.4, 0.5) is 0 Å². The summed E-state index contributed by atoms with van der Waals surface area (Å²) in [7, 11) is 0. The van der Waals surface area contributed by atoms with Gasteiger partial charge >= 0.3 is 11.9 Å². The highest BCUT2D eigenvalue weighted by Crippen LogP contribution is 2.42. The molecule has 1 saturated carbocycles. The Morgan fingerprint density at radius 2 is 1.73 bits per heavy atom. The van der Waals surface area contributed by atoms with Crippen molar-refractivity contribution in [2.45, 2.75) is 98.2 Å². The Morgan fingerprint density at radius 3 is 2.35 bits per heavy atom. The lowest BCUT2D eigenvalue weighted by atomic mass is 9.67. The van der Waals surface area contributed by atoms with Gasteiger partial charge in [0.15, 0.2) is 6.10 Å². The molecule has 1 fully saturated rings. The van der Waals surface area contributed by atoms with Gasteiger partial charge in [-0.05, 0) is 43.4 Å². The van der Waals surface area contributed by atoms with Gasteiger partial charge in [0.25, 0.3) is 0 Å². The first-order valence-corrected chi connectivity index (χ1v) is 10.3. The predicted molar refractivity (Wildman–Crippen MR) is 102 cm³/mol. The Labute approximate surface area is 159 Å². The Morgan fingerprint density at radius 1 is 1.08 bits per heavy atom. The molecule has 0 aromatic rings. The second-order valence-corrected chi connectivity index (χ2v) is 8.16. The van der Waals surface area contributed by atoms with E-state index in [0.717, 1.165) is 32.1 Å². The normalized spacial score (nSPS) is 24.3. The lowest BCUT2D eigenvalue weighted by molar-refractivity contribution is -0.165. The number of hydrogen-bond donors (Lipinski definition) is 0. The average molecular weight is 371 g/mol. The van der Waals surface area contributed by atoms with Gasteiger partial charge in [0, 0.05) is 12.8 Å². The fraction of sp³-hybridized carbons (Fsp3) is 0.905.